The molecule has 0 saturated heterocycles. The zero-order valence-corrected chi connectivity index (χ0v) is 33.7. The molecule has 0 N–H and O–H groups in total. The van der Waals surface area contributed by atoms with Crippen molar-refractivity contribution in [2.75, 3.05) is 0 Å². The predicted octanol–water partition coefficient (Wildman–Crippen LogP) is 6.97. The van der Waals surface area contributed by atoms with Crippen LogP contribution in [-0.2, 0) is 14.0 Å². The van der Waals surface area contributed by atoms with E-state index in [-0.39, 0.29) is 4.90 Å². The number of aryl methyl sites for hydroxylation is 12. The van der Waals surface area contributed by atoms with Gasteiger partial charge in [0.05, 0.1) is 4.90 Å². The summed E-state index contributed by atoms with van der Waals surface area (Å²) in [7, 11) is -10.7. The highest BCUT2D eigenvalue weighted by Crippen LogP contribution is 2.29. The highest BCUT2D eigenvalue weighted by molar-refractivity contribution is 7.89. The van der Waals surface area contributed by atoms with E-state index in [9.17, 15) is 0 Å². The molecule has 0 radical (unpaired) electrons. The van der Waals surface area contributed by atoms with Crippen LogP contribution >= 0.6 is 0 Å². The Morgan fingerprint density at radius 2 is 0.750 bits per heavy atom. The fourth-order valence-electron chi connectivity index (χ4n) is 8.73. The monoisotopic (exact) mass is 690 g/mol. The lowest BCUT2D eigenvalue weighted by atomic mass is 10.1. The summed E-state index contributed by atoms with van der Waals surface area (Å²) < 4.78 is 37.5. The van der Waals surface area contributed by atoms with Crippen molar-refractivity contribution < 1.29 is 12.3 Å². The van der Waals surface area contributed by atoms with Gasteiger partial charge in [-0.2, -0.15) is 8.42 Å². The Kier molecular flexibility index (Phi) is 9.97. The van der Waals surface area contributed by atoms with E-state index < -0.39 is 26.3 Å². The van der Waals surface area contributed by atoms with Gasteiger partial charge < -0.3 is 3.87 Å². The van der Waals surface area contributed by atoms with E-state index in [1.165, 1.54) is 43.8 Å². The first kappa shape index (κ1) is 35.7. The largest absolute Gasteiger partial charge is 0.303 e. The Balaban J connectivity index is 2.16. The quantitative estimate of drug-likeness (QED) is 0.165. The molecule has 5 aromatic carbocycles. The van der Waals surface area contributed by atoms with Gasteiger partial charge >= 0.3 is 0 Å². The Hall–Kier alpha value is -3.56. The predicted molar refractivity (Wildman–Crippen MR) is 209 cm³/mol. The first-order chi connectivity index (χ1) is 22.5. The van der Waals surface area contributed by atoms with Crippen LogP contribution in [0.4, 0.5) is 0 Å². The molecule has 0 atom stereocenters. The van der Waals surface area contributed by atoms with E-state index in [4.69, 9.17) is 3.87 Å². The second-order valence-electron chi connectivity index (χ2n) is 14.2. The molecule has 0 aliphatic heterocycles. The SMILES string of the molecule is Cc1cc(C)c([SiH](c2c(C)cc(C)cc2C)[Si](OS(=O)(=O)c2ccccc2)(c2c(C)cc(C)cc2C)c2c(C)cc(C)cc2C)c(C)c1. The van der Waals surface area contributed by atoms with E-state index in [1.807, 2.05) is 6.07 Å². The molecule has 0 heterocycles. The van der Waals surface area contributed by atoms with Gasteiger partial charge in [-0.1, -0.05) is 122 Å². The van der Waals surface area contributed by atoms with Gasteiger partial charge in [0.15, 0.2) is 0 Å². The molecule has 3 nitrogen and oxygen atoms in total. The number of benzene rings is 5. The van der Waals surface area contributed by atoms with Gasteiger partial charge in [0.1, 0.15) is 8.31 Å². The van der Waals surface area contributed by atoms with Crippen molar-refractivity contribution in [2.24, 2.45) is 0 Å². The van der Waals surface area contributed by atoms with Crippen LogP contribution in [0.25, 0.3) is 0 Å². The Morgan fingerprint density at radius 3 is 1.06 bits per heavy atom. The molecule has 0 spiro atoms. The summed E-state index contributed by atoms with van der Waals surface area (Å²) in [6.07, 6.45) is 0. The van der Waals surface area contributed by atoms with Gasteiger partial charge in [-0.25, -0.2) is 0 Å². The summed E-state index contributed by atoms with van der Waals surface area (Å²) in [5, 5.41) is 4.73. The molecule has 0 unspecified atom stereocenters. The van der Waals surface area contributed by atoms with Crippen LogP contribution in [0.2, 0.25) is 0 Å². The molecule has 5 rings (SSSR count). The number of hydrogen-bond donors (Lipinski definition) is 0. The summed E-state index contributed by atoms with van der Waals surface area (Å²) in [5.41, 5.74) is 13.9. The van der Waals surface area contributed by atoms with E-state index in [0.29, 0.717) is 0 Å². The average molecular weight is 691 g/mol. The molecular weight excluding hydrogens is 641 g/mol. The van der Waals surface area contributed by atoms with E-state index in [1.54, 1.807) is 24.3 Å². The lowest BCUT2D eigenvalue weighted by Gasteiger charge is -2.43. The van der Waals surface area contributed by atoms with Crippen LogP contribution in [0.5, 0.6) is 0 Å². The van der Waals surface area contributed by atoms with Gasteiger partial charge in [0.25, 0.3) is 18.0 Å². The Labute approximate surface area is 291 Å². The topological polar surface area (TPSA) is 43.4 Å². The van der Waals surface area contributed by atoms with E-state index >= 15 is 8.42 Å². The summed E-state index contributed by atoms with van der Waals surface area (Å²) in [6.45, 7) is 26.0. The molecule has 0 fully saturated rings. The van der Waals surface area contributed by atoms with Crippen molar-refractivity contribution in [3.63, 3.8) is 0 Å². The zero-order valence-electron chi connectivity index (χ0n) is 30.7. The second kappa shape index (κ2) is 13.4. The zero-order chi connectivity index (χ0) is 35.3. The maximum Gasteiger partial charge on any atom is 0.287 e. The first-order valence-corrected chi connectivity index (χ1v) is 23.1. The van der Waals surface area contributed by atoms with E-state index in [2.05, 4.69) is 132 Å². The third-order valence-electron chi connectivity index (χ3n) is 9.83. The molecule has 0 amide bonds. The Morgan fingerprint density at radius 1 is 0.458 bits per heavy atom. The summed E-state index contributed by atoms with van der Waals surface area (Å²) in [6, 6.07) is 26.7. The van der Waals surface area contributed by atoms with Crippen molar-refractivity contribution in [2.45, 2.75) is 88.0 Å². The standard InChI is InChI=1S/C42H50O3SSi2/c1-26-18-30(5)39(31(6)19-26)47(40-32(7)20-27(2)21-33(40)8)48(41-34(9)22-28(3)23-35(41)10,42-36(11)24-29(4)25-37(42)12)45-46(43,44)38-16-14-13-15-17-38/h13-25,47H,1-12H3. The molecule has 0 saturated carbocycles. The van der Waals surface area contributed by atoms with Gasteiger partial charge in [0, 0.05) is 0 Å². The van der Waals surface area contributed by atoms with Crippen LogP contribution in [0.3, 0.4) is 0 Å². The highest BCUT2D eigenvalue weighted by atomic mass is 32.2. The Bertz CT molecular complexity index is 1940. The summed E-state index contributed by atoms with van der Waals surface area (Å²) >= 11 is 0. The third-order valence-corrected chi connectivity index (χ3v) is 26.2. The molecule has 48 heavy (non-hydrogen) atoms. The van der Waals surface area contributed by atoms with Gasteiger partial charge in [-0.3, -0.25) is 0 Å². The minimum Gasteiger partial charge on any atom is -0.303 e. The van der Waals surface area contributed by atoms with Crippen LogP contribution in [0.15, 0.2) is 83.8 Å². The highest BCUT2D eigenvalue weighted by Gasteiger charge is 2.57. The van der Waals surface area contributed by atoms with Gasteiger partial charge in [-0.15, -0.1) is 0 Å². The van der Waals surface area contributed by atoms with Gasteiger partial charge in [-0.05, 0) is 128 Å². The van der Waals surface area contributed by atoms with Crippen LogP contribution < -0.4 is 20.7 Å². The van der Waals surface area contributed by atoms with Crippen molar-refractivity contribution in [1.82, 2.24) is 0 Å². The smallest absolute Gasteiger partial charge is 0.287 e. The fourth-order valence-corrected chi connectivity index (χ4v) is 30.4. The first-order valence-electron chi connectivity index (χ1n) is 16.8. The number of rotatable bonds is 8. The average Bonchev–Trinajstić information content (AvgIpc) is 2.94. The third kappa shape index (κ3) is 6.43. The second-order valence-corrected chi connectivity index (χ2v) is 24.9. The maximum atomic E-state index is 15.0. The lowest BCUT2D eigenvalue weighted by molar-refractivity contribution is 0.495. The van der Waals surface area contributed by atoms with Crippen LogP contribution in [0, 0.1) is 83.1 Å². The van der Waals surface area contributed by atoms with Crippen molar-refractivity contribution in [3.8, 4) is 0 Å². The molecule has 0 aliphatic rings. The van der Waals surface area contributed by atoms with Crippen LogP contribution in [0.1, 0.15) is 66.8 Å². The molecule has 0 aromatic heterocycles. The van der Waals surface area contributed by atoms with Crippen molar-refractivity contribution in [3.05, 3.63) is 146 Å². The van der Waals surface area contributed by atoms with Crippen molar-refractivity contribution in [1.29, 1.82) is 0 Å². The molecule has 0 aliphatic carbocycles. The lowest BCUT2D eigenvalue weighted by Crippen LogP contribution is -2.81. The normalized spacial score (nSPS) is 12.2. The molecular formula is C42H50O3SSi2. The fraction of sp³-hybridized carbons (Fsp3) is 0.286. The maximum absolute atomic E-state index is 15.0. The summed E-state index contributed by atoms with van der Waals surface area (Å²) in [5.74, 6) is 0. The van der Waals surface area contributed by atoms with Crippen LogP contribution in [-0.4, -0.2) is 24.6 Å². The molecule has 6 heteroatoms. The number of hydrogen-bond acceptors (Lipinski definition) is 3. The minimum atomic E-state index is -4.23. The van der Waals surface area contributed by atoms with Gasteiger partial charge in [0.2, 0.25) is 0 Å². The molecule has 0 bridgehead atoms. The molecule has 250 valence electrons. The van der Waals surface area contributed by atoms with Crippen molar-refractivity contribution >= 4 is 47.0 Å². The van der Waals surface area contributed by atoms with E-state index in [0.717, 1.165) is 43.8 Å². The minimum absolute atomic E-state index is 0.189. The summed E-state index contributed by atoms with van der Waals surface area (Å²) in [4.78, 5) is 0.189. The molecule has 5 aromatic rings.